The van der Waals surface area contributed by atoms with Crippen molar-refractivity contribution in [2.45, 2.75) is 31.9 Å². The number of primary amides is 1. The van der Waals surface area contributed by atoms with Crippen molar-refractivity contribution in [2.24, 2.45) is 5.73 Å². The van der Waals surface area contributed by atoms with Crippen LogP contribution in [-0.2, 0) is 9.53 Å². The van der Waals surface area contributed by atoms with E-state index in [1.165, 1.54) is 19.2 Å². The van der Waals surface area contributed by atoms with Crippen molar-refractivity contribution in [2.75, 3.05) is 13.2 Å². The number of halogens is 1. The Kier molecular flexibility index (Phi) is 5.57. The maximum absolute atomic E-state index is 11.9. The molecule has 1 aromatic rings. The van der Waals surface area contributed by atoms with E-state index in [-0.39, 0.29) is 22.6 Å². The molecule has 1 atom stereocenters. The van der Waals surface area contributed by atoms with Crippen molar-refractivity contribution in [1.29, 1.82) is 0 Å². The van der Waals surface area contributed by atoms with Crippen LogP contribution in [0, 0.1) is 0 Å². The third-order valence-corrected chi connectivity index (χ3v) is 3.56. The third-order valence-electron chi connectivity index (χ3n) is 3.29. The number of nitrogens with one attached hydrogen (secondary N) is 1. The van der Waals surface area contributed by atoms with E-state index in [9.17, 15) is 9.59 Å². The molecular formula is C14H18ClN3O4. The molecule has 22 heavy (non-hydrogen) atoms. The molecule has 7 nitrogen and oxygen atoms in total. The molecule has 8 heteroatoms. The quantitative estimate of drug-likeness (QED) is 0.836. The van der Waals surface area contributed by atoms with Crippen LogP contribution in [0.2, 0.25) is 5.02 Å². The van der Waals surface area contributed by atoms with E-state index in [1.54, 1.807) is 0 Å². The standard InChI is InChI=1S/C14H18ClN3O4/c1-8(12(16)19)18-13(20)9-6-11(15)14(17-7-9)22-10-2-4-21-5-3-10/h6-8,10H,2-5H2,1H3,(H2,16,19)(H,18,20)/t8-/m0/s1. The molecule has 2 heterocycles. The summed E-state index contributed by atoms with van der Waals surface area (Å²) in [5.74, 6) is -0.807. The molecule has 3 N–H and O–H groups in total. The number of pyridine rings is 1. The number of hydrogen-bond acceptors (Lipinski definition) is 5. The highest BCUT2D eigenvalue weighted by Crippen LogP contribution is 2.25. The summed E-state index contributed by atoms with van der Waals surface area (Å²) in [6, 6.07) is 0.677. The highest BCUT2D eigenvalue weighted by Gasteiger charge is 2.19. The van der Waals surface area contributed by atoms with Gasteiger partial charge in [0.15, 0.2) is 0 Å². The Morgan fingerprint density at radius 2 is 2.18 bits per heavy atom. The van der Waals surface area contributed by atoms with Gasteiger partial charge in [-0.25, -0.2) is 4.98 Å². The highest BCUT2D eigenvalue weighted by atomic mass is 35.5. The maximum Gasteiger partial charge on any atom is 0.253 e. The Hall–Kier alpha value is -1.86. The van der Waals surface area contributed by atoms with Crippen LogP contribution in [0.4, 0.5) is 0 Å². The Bertz CT molecular complexity index is 561. The lowest BCUT2D eigenvalue weighted by molar-refractivity contribution is -0.119. The van der Waals surface area contributed by atoms with Crippen LogP contribution in [0.3, 0.4) is 0 Å². The largest absolute Gasteiger partial charge is 0.473 e. The van der Waals surface area contributed by atoms with Crippen molar-refractivity contribution < 1.29 is 19.1 Å². The van der Waals surface area contributed by atoms with Gasteiger partial charge in [-0.1, -0.05) is 11.6 Å². The Balaban J connectivity index is 2.02. The lowest BCUT2D eigenvalue weighted by atomic mass is 10.1. The average Bonchev–Trinajstić information content (AvgIpc) is 2.50. The first-order valence-corrected chi connectivity index (χ1v) is 7.35. The zero-order chi connectivity index (χ0) is 16.1. The van der Waals surface area contributed by atoms with Crippen LogP contribution in [0.15, 0.2) is 12.3 Å². The van der Waals surface area contributed by atoms with E-state index >= 15 is 0 Å². The van der Waals surface area contributed by atoms with E-state index in [1.807, 2.05) is 0 Å². The summed E-state index contributed by atoms with van der Waals surface area (Å²) in [4.78, 5) is 27.0. The number of ether oxygens (including phenoxy) is 2. The predicted octanol–water partition coefficient (Wildman–Crippen LogP) is 0.896. The van der Waals surface area contributed by atoms with Gasteiger partial charge >= 0.3 is 0 Å². The molecule has 1 saturated heterocycles. The second kappa shape index (κ2) is 7.42. The summed E-state index contributed by atoms with van der Waals surface area (Å²) in [6.45, 7) is 2.79. The summed E-state index contributed by atoms with van der Waals surface area (Å²) in [5, 5.41) is 2.70. The minimum absolute atomic E-state index is 0.00769. The number of nitrogens with two attached hydrogens (primary N) is 1. The van der Waals surface area contributed by atoms with Crippen molar-refractivity contribution in [3.05, 3.63) is 22.8 Å². The maximum atomic E-state index is 11.9. The fourth-order valence-corrected chi connectivity index (χ4v) is 2.15. The molecule has 0 bridgehead atoms. The zero-order valence-corrected chi connectivity index (χ0v) is 12.9. The van der Waals surface area contributed by atoms with Gasteiger partial charge in [0.2, 0.25) is 11.8 Å². The fourth-order valence-electron chi connectivity index (χ4n) is 1.94. The fraction of sp³-hybridized carbons (Fsp3) is 0.500. The van der Waals surface area contributed by atoms with Crippen LogP contribution in [0.5, 0.6) is 5.88 Å². The van der Waals surface area contributed by atoms with Gasteiger partial charge in [0, 0.05) is 19.0 Å². The highest BCUT2D eigenvalue weighted by molar-refractivity contribution is 6.32. The van der Waals surface area contributed by atoms with Gasteiger partial charge in [0.05, 0.1) is 18.8 Å². The molecule has 0 aliphatic carbocycles. The molecule has 1 aliphatic heterocycles. The number of nitrogens with zero attached hydrogens (tertiary/aromatic N) is 1. The second-order valence-corrected chi connectivity index (χ2v) is 5.45. The van der Waals surface area contributed by atoms with Gasteiger partial charge in [-0.15, -0.1) is 0 Å². The topological polar surface area (TPSA) is 104 Å². The Labute approximate surface area is 133 Å². The van der Waals surface area contributed by atoms with Crippen LogP contribution in [0.1, 0.15) is 30.1 Å². The molecule has 0 radical (unpaired) electrons. The van der Waals surface area contributed by atoms with E-state index in [4.69, 9.17) is 26.8 Å². The van der Waals surface area contributed by atoms with Crippen molar-refractivity contribution >= 4 is 23.4 Å². The third kappa shape index (κ3) is 4.32. The van der Waals surface area contributed by atoms with Crippen molar-refractivity contribution in [3.63, 3.8) is 0 Å². The number of hydrogen-bond donors (Lipinski definition) is 2. The van der Waals surface area contributed by atoms with Crippen LogP contribution in [0.25, 0.3) is 0 Å². The lowest BCUT2D eigenvalue weighted by Gasteiger charge is -2.23. The summed E-state index contributed by atoms with van der Waals surface area (Å²) < 4.78 is 11.0. The molecule has 120 valence electrons. The van der Waals surface area contributed by atoms with E-state index < -0.39 is 17.9 Å². The van der Waals surface area contributed by atoms with Crippen molar-refractivity contribution in [3.8, 4) is 5.88 Å². The molecule has 0 unspecified atom stereocenters. The number of carbonyl (C=O) groups excluding carboxylic acids is 2. The van der Waals surface area contributed by atoms with Gasteiger partial charge < -0.3 is 20.5 Å². The second-order valence-electron chi connectivity index (χ2n) is 5.04. The van der Waals surface area contributed by atoms with Crippen molar-refractivity contribution in [1.82, 2.24) is 10.3 Å². The van der Waals surface area contributed by atoms with Gasteiger partial charge in [-0.05, 0) is 13.0 Å². The number of amides is 2. The molecule has 2 amide bonds. The first-order chi connectivity index (χ1) is 10.5. The van der Waals surface area contributed by atoms with E-state index in [2.05, 4.69) is 10.3 Å². The Morgan fingerprint density at radius 3 is 2.77 bits per heavy atom. The van der Waals surface area contributed by atoms with Crippen LogP contribution in [-0.4, -0.2) is 42.2 Å². The minimum Gasteiger partial charge on any atom is -0.473 e. The van der Waals surface area contributed by atoms with E-state index in [0.717, 1.165) is 12.8 Å². The number of rotatable bonds is 5. The van der Waals surface area contributed by atoms with E-state index in [0.29, 0.717) is 13.2 Å². The molecule has 0 spiro atoms. The SMILES string of the molecule is C[C@H](NC(=O)c1cnc(OC2CCOCC2)c(Cl)c1)C(N)=O. The van der Waals surface area contributed by atoms with Gasteiger partial charge in [-0.2, -0.15) is 0 Å². The van der Waals surface area contributed by atoms with Crippen LogP contribution < -0.4 is 15.8 Å². The molecule has 1 aromatic heterocycles. The summed E-state index contributed by atoms with van der Waals surface area (Å²) >= 11 is 6.10. The molecule has 1 fully saturated rings. The monoisotopic (exact) mass is 327 g/mol. The normalized spacial score (nSPS) is 16.8. The molecule has 0 saturated carbocycles. The lowest BCUT2D eigenvalue weighted by Crippen LogP contribution is -2.42. The van der Waals surface area contributed by atoms with Gasteiger partial charge in [-0.3, -0.25) is 9.59 Å². The molecule has 1 aliphatic rings. The Morgan fingerprint density at radius 1 is 1.50 bits per heavy atom. The molecule has 2 rings (SSSR count). The zero-order valence-electron chi connectivity index (χ0n) is 12.2. The smallest absolute Gasteiger partial charge is 0.253 e. The van der Waals surface area contributed by atoms with Gasteiger partial charge in [0.25, 0.3) is 5.91 Å². The summed E-state index contributed by atoms with van der Waals surface area (Å²) in [6.07, 6.45) is 2.91. The van der Waals surface area contributed by atoms with Gasteiger partial charge in [0.1, 0.15) is 17.2 Å². The number of aromatic nitrogens is 1. The predicted molar refractivity (Wildman–Crippen MR) is 79.8 cm³/mol. The minimum atomic E-state index is -0.774. The number of carbonyl (C=O) groups is 2. The molecule has 0 aromatic carbocycles. The summed E-state index contributed by atoms with van der Waals surface area (Å²) in [5.41, 5.74) is 5.33. The molecular weight excluding hydrogens is 310 g/mol. The summed E-state index contributed by atoms with van der Waals surface area (Å²) in [7, 11) is 0. The van der Waals surface area contributed by atoms with Crippen LogP contribution >= 0.6 is 11.6 Å². The average molecular weight is 328 g/mol. The first-order valence-electron chi connectivity index (χ1n) is 6.97. The first kappa shape index (κ1) is 16.5.